The summed E-state index contributed by atoms with van der Waals surface area (Å²) >= 11 is 0. The van der Waals surface area contributed by atoms with Crippen LogP contribution in [-0.2, 0) is 6.54 Å². The lowest BCUT2D eigenvalue weighted by Gasteiger charge is -1.98. The fourth-order valence-electron chi connectivity index (χ4n) is 1.33. The van der Waals surface area contributed by atoms with Gasteiger partial charge in [0.25, 0.3) is 0 Å². The van der Waals surface area contributed by atoms with E-state index in [1.807, 2.05) is 0 Å². The number of hydrogen-bond acceptors (Lipinski definition) is 3. The summed E-state index contributed by atoms with van der Waals surface area (Å²) in [6.07, 6.45) is 1.01. The minimum absolute atomic E-state index is 0.257. The number of aromatic hydroxyl groups is 1. The molecule has 0 aliphatic rings. The molecule has 2 aromatic rings. The minimum Gasteiger partial charge on any atom is -0.508 e. The number of phenols is 1. The summed E-state index contributed by atoms with van der Waals surface area (Å²) in [7, 11) is 0. The van der Waals surface area contributed by atoms with Crippen molar-refractivity contribution in [2.75, 3.05) is 0 Å². The van der Waals surface area contributed by atoms with Gasteiger partial charge in [0.15, 0.2) is 0 Å². The number of phenolic OH excluding ortho intramolecular Hbond substituents is 1. The Labute approximate surface area is 75.8 Å². The summed E-state index contributed by atoms with van der Waals surface area (Å²) in [5.74, 6) is 0.257. The molecule has 1 aromatic carbocycles. The lowest BCUT2D eigenvalue weighted by molar-refractivity contribution is 0.475. The Balaban J connectivity index is 2.58. The van der Waals surface area contributed by atoms with Crippen LogP contribution in [0.5, 0.6) is 5.75 Å². The fourth-order valence-corrected chi connectivity index (χ4v) is 1.33. The summed E-state index contributed by atoms with van der Waals surface area (Å²) in [4.78, 5) is 0. The number of fused-ring (bicyclic) bond motifs is 1. The Morgan fingerprint density at radius 2 is 2.31 bits per heavy atom. The standard InChI is InChI=1S/C9H11N3O/c1-2-5-12-9-6-7(13)3-4-8(9)10-11-12/h3-4,6,13H,2,5H2,1H3. The van der Waals surface area contributed by atoms with Crippen LogP contribution < -0.4 is 0 Å². The van der Waals surface area contributed by atoms with Gasteiger partial charge in [0.05, 0.1) is 5.52 Å². The minimum atomic E-state index is 0.257. The molecule has 0 bridgehead atoms. The average molecular weight is 177 g/mol. The highest BCUT2D eigenvalue weighted by atomic mass is 16.3. The average Bonchev–Trinajstić information content (AvgIpc) is 2.49. The van der Waals surface area contributed by atoms with Crippen molar-refractivity contribution < 1.29 is 5.11 Å². The Bertz CT molecular complexity index is 422. The molecule has 1 heterocycles. The summed E-state index contributed by atoms with van der Waals surface area (Å²) in [5.41, 5.74) is 1.72. The van der Waals surface area contributed by atoms with E-state index >= 15 is 0 Å². The molecule has 0 spiro atoms. The first-order valence-corrected chi connectivity index (χ1v) is 4.33. The van der Waals surface area contributed by atoms with Crippen molar-refractivity contribution in [3.63, 3.8) is 0 Å². The van der Waals surface area contributed by atoms with Crippen LogP contribution in [-0.4, -0.2) is 20.1 Å². The zero-order valence-corrected chi connectivity index (χ0v) is 7.44. The van der Waals surface area contributed by atoms with Gasteiger partial charge in [-0.2, -0.15) is 0 Å². The maximum absolute atomic E-state index is 9.27. The van der Waals surface area contributed by atoms with Gasteiger partial charge < -0.3 is 5.11 Å². The maximum atomic E-state index is 9.27. The molecular weight excluding hydrogens is 166 g/mol. The molecule has 1 aromatic heterocycles. The third kappa shape index (κ3) is 1.35. The summed E-state index contributed by atoms with van der Waals surface area (Å²) < 4.78 is 1.80. The highest BCUT2D eigenvalue weighted by Crippen LogP contribution is 2.17. The second kappa shape index (κ2) is 3.05. The van der Waals surface area contributed by atoms with Crippen molar-refractivity contribution >= 4 is 11.0 Å². The number of rotatable bonds is 2. The van der Waals surface area contributed by atoms with Gasteiger partial charge >= 0.3 is 0 Å². The molecule has 0 aliphatic carbocycles. The highest BCUT2D eigenvalue weighted by Gasteiger charge is 2.03. The Hall–Kier alpha value is -1.58. The first kappa shape index (κ1) is 8.04. The van der Waals surface area contributed by atoms with Crippen LogP contribution in [0.1, 0.15) is 13.3 Å². The number of aromatic nitrogens is 3. The molecule has 0 atom stereocenters. The van der Waals surface area contributed by atoms with Crippen LogP contribution in [0.2, 0.25) is 0 Å². The predicted octanol–water partition coefficient (Wildman–Crippen LogP) is 1.55. The lowest BCUT2D eigenvalue weighted by atomic mass is 10.3. The van der Waals surface area contributed by atoms with Gasteiger partial charge in [-0.1, -0.05) is 12.1 Å². The summed E-state index contributed by atoms with van der Waals surface area (Å²) in [5, 5.41) is 17.2. The second-order valence-electron chi connectivity index (χ2n) is 2.99. The molecule has 68 valence electrons. The fraction of sp³-hybridized carbons (Fsp3) is 0.333. The van der Waals surface area contributed by atoms with Gasteiger partial charge in [-0.05, 0) is 18.6 Å². The molecule has 0 saturated carbocycles. The molecule has 0 amide bonds. The molecule has 0 aliphatic heterocycles. The van der Waals surface area contributed by atoms with E-state index in [0.29, 0.717) is 0 Å². The first-order chi connectivity index (χ1) is 6.31. The van der Waals surface area contributed by atoms with E-state index in [2.05, 4.69) is 17.2 Å². The summed E-state index contributed by atoms with van der Waals surface area (Å²) in [6, 6.07) is 5.07. The molecule has 0 saturated heterocycles. The predicted molar refractivity (Wildman–Crippen MR) is 49.5 cm³/mol. The topological polar surface area (TPSA) is 50.9 Å². The van der Waals surface area contributed by atoms with Crippen molar-refractivity contribution in [3.05, 3.63) is 18.2 Å². The third-order valence-corrected chi connectivity index (χ3v) is 1.93. The van der Waals surface area contributed by atoms with Crippen molar-refractivity contribution in [3.8, 4) is 5.75 Å². The van der Waals surface area contributed by atoms with E-state index in [1.165, 1.54) is 0 Å². The lowest BCUT2D eigenvalue weighted by Crippen LogP contribution is -1.98. The molecule has 13 heavy (non-hydrogen) atoms. The summed E-state index contributed by atoms with van der Waals surface area (Å²) in [6.45, 7) is 2.91. The van der Waals surface area contributed by atoms with Crippen molar-refractivity contribution in [1.29, 1.82) is 0 Å². The first-order valence-electron chi connectivity index (χ1n) is 4.33. The third-order valence-electron chi connectivity index (χ3n) is 1.93. The largest absolute Gasteiger partial charge is 0.508 e. The monoisotopic (exact) mass is 177 g/mol. The number of nitrogens with zero attached hydrogens (tertiary/aromatic N) is 3. The van der Waals surface area contributed by atoms with E-state index < -0.39 is 0 Å². The molecule has 0 radical (unpaired) electrons. The van der Waals surface area contributed by atoms with Gasteiger partial charge in [-0.3, -0.25) is 0 Å². The van der Waals surface area contributed by atoms with E-state index in [4.69, 9.17) is 0 Å². The number of hydrogen-bond donors (Lipinski definition) is 1. The van der Waals surface area contributed by atoms with Crippen LogP contribution >= 0.6 is 0 Å². The zero-order chi connectivity index (χ0) is 9.26. The van der Waals surface area contributed by atoms with Crippen molar-refractivity contribution in [2.45, 2.75) is 19.9 Å². The van der Waals surface area contributed by atoms with Crippen LogP contribution in [0.15, 0.2) is 18.2 Å². The van der Waals surface area contributed by atoms with Crippen molar-refractivity contribution in [1.82, 2.24) is 15.0 Å². The molecule has 1 N–H and O–H groups in total. The quantitative estimate of drug-likeness (QED) is 0.757. The van der Waals surface area contributed by atoms with Gasteiger partial charge in [-0.25, -0.2) is 4.68 Å². The molecule has 2 rings (SSSR count). The van der Waals surface area contributed by atoms with Gasteiger partial charge in [0.1, 0.15) is 11.3 Å². The Kier molecular flexibility index (Phi) is 1.88. The van der Waals surface area contributed by atoms with Crippen molar-refractivity contribution in [2.24, 2.45) is 0 Å². The van der Waals surface area contributed by atoms with Crippen LogP contribution in [0.25, 0.3) is 11.0 Å². The SMILES string of the molecule is CCCn1nnc2ccc(O)cc21. The number of aryl methyl sites for hydroxylation is 1. The second-order valence-corrected chi connectivity index (χ2v) is 2.99. The van der Waals surface area contributed by atoms with E-state index in [-0.39, 0.29) is 5.75 Å². The Morgan fingerprint density at radius 1 is 1.46 bits per heavy atom. The zero-order valence-electron chi connectivity index (χ0n) is 7.44. The van der Waals surface area contributed by atoms with Gasteiger partial charge in [0, 0.05) is 12.6 Å². The number of benzene rings is 1. The maximum Gasteiger partial charge on any atom is 0.117 e. The Morgan fingerprint density at radius 3 is 3.08 bits per heavy atom. The van der Waals surface area contributed by atoms with E-state index in [9.17, 15) is 5.11 Å². The molecule has 4 heteroatoms. The molecule has 4 nitrogen and oxygen atoms in total. The highest BCUT2D eigenvalue weighted by molar-refractivity contribution is 5.75. The smallest absolute Gasteiger partial charge is 0.117 e. The van der Waals surface area contributed by atoms with Gasteiger partial charge in [0.2, 0.25) is 0 Å². The van der Waals surface area contributed by atoms with Crippen LogP contribution in [0, 0.1) is 0 Å². The van der Waals surface area contributed by atoms with Crippen LogP contribution in [0.3, 0.4) is 0 Å². The van der Waals surface area contributed by atoms with Crippen LogP contribution in [0.4, 0.5) is 0 Å². The normalized spacial score (nSPS) is 10.8. The molecule has 0 unspecified atom stereocenters. The van der Waals surface area contributed by atoms with E-state index in [1.54, 1.807) is 22.9 Å². The van der Waals surface area contributed by atoms with Gasteiger partial charge in [-0.15, -0.1) is 5.10 Å². The molecular formula is C9H11N3O. The molecule has 0 fully saturated rings. The van der Waals surface area contributed by atoms with E-state index in [0.717, 1.165) is 24.0 Å².